The van der Waals surface area contributed by atoms with E-state index in [4.69, 9.17) is 11.6 Å². The molecule has 1 aromatic carbocycles. The van der Waals surface area contributed by atoms with Crippen LogP contribution < -0.4 is 5.32 Å². The van der Waals surface area contributed by atoms with E-state index in [-0.39, 0.29) is 0 Å². The summed E-state index contributed by atoms with van der Waals surface area (Å²) in [5.74, 6) is 0. The third-order valence-corrected chi connectivity index (χ3v) is 2.47. The molecule has 0 N–H and O–H groups in total. The highest BCUT2D eigenvalue weighted by molar-refractivity contribution is 6.30. The van der Waals surface area contributed by atoms with E-state index < -0.39 is 0 Å². The Hall–Kier alpha value is -0.790. The van der Waals surface area contributed by atoms with Gasteiger partial charge in [-0.2, -0.15) is 0 Å². The number of rotatable bonds is 1. The summed E-state index contributed by atoms with van der Waals surface area (Å²) >= 11 is 5.81. The fourth-order valence-electron chi connectivity index (χ4n) is 1.49. The third kappa shape index (κ3) is 2.11. The fourth-order valence-corrected chi connectivity index (χ4v) is 1.62. The highest BCUT2D eigenvalue weighted by Crippen LogP contribution is 2.21. The topological polar surface area (TPSA) is 14.1 Å². The van der Waals surface area contributed by atoms with Crippen LogP contribution >= 0.6 is 11.6 Å². The molecule has 1 aliphatic heterocycles. The van der Waals surface area contributed by atoms with Crippen LogP contribution in [0.4, 0.5) is 0 Å². The van der Waals surface area contributed by atoms with Crippen LogP contribution in [0.25, 0.3) is 5.57 Å². The van der Waals surface area contributed by atoms with E-state index in [2.05, 4.69) is 23.5 Å². The van der Waals surface area contributed by atoms with Crippen LogP contribution in [0, 0.1) is 0 Å². The molecule has 0 spiro atoms. The Morgan fingerprint density at radius 1 is 1.15 bits per heavy atom. The normalized spacial score (nSPS) is 16.8. The summed E-state index contributed by atoms with van der Waals surface area (Å²) < 4.78 is 0. The van der Waals surface area contributed by atoms with Crippen LogP contribution in [0.3, 0.4) is 0 Å². The standard InChI is InChI=1S/C11H11ClN/c12-11-3-1-9(2-4-11)10-5-7-13-8-6-10/h1-5H,6-8H2. The molecule has 0 fully saturated rings. The van der Waals surface area contributed by atoms with Crippen molar-refractivity contribution in [3.63, 3.8) is 0 Å². The zero-order chi connectivity index (χ0) is 9.10. The molecule has 1 nitrogen and oxygen atoms in total. The summed E-state index contributed by atoms with van der Waals surface area (Å²) in [6.07, 6.45) is 3.24. The first kappa shape index (κ1) is 8.79. The van der Waals surface area contributed by atoms with Gasteiger partial charge in [0.25, 0.3) is 0 Å². The second-order valence-corrected chi connectivity index (χ2v) is 3.55. The molecule has 0 unspecified atom stereocenters. The molecule has 0 saturated heterocycles. The van der Waals surface area contributed by atoms with Crippen molar-refractivity contribution >= 4 is 17.2 Å². The maximum Gasteiger partial charge on any atom is 0.0406 e. The van der Waals surface area contributed by atoms with Crippen molar-refractivity contribution in [2.45, 2.75) is 6.42 Å². The minimum absolute atomic E-state index is 0.796. The molecule has 0 aromatic heterocycles. The van der Waals surface area contributed by atoms with Crippen LogP contribution in [0.5, 0.6) is 0 Å². The molecule has 1 aromatic rings. The predicted octanol–water partition coefficient (Wildman–Crippen LogP) is 2.73. The number of benzene rings is 1. The summed E-state index contributed by atoms with van der Waals surface area (Å²) in [5.41, 5.74) is 2.67. The summed E-state index contributed by atoms with van der Waals surface area (Å²) in [6, 6.07) is 8.01. The van der Waals surface area contributed by atoms with Crippen molar-refractivity contribution in [2.75, 3.05) is 13.1 Å². The van der Waals surface area contributed by atoms with Crippen molar-refractivity contribution in [1.29, 1.82) is 0 Å². The van der Waals surface area contributed by atoms with Gasteiger partial charge in [-0.15, -0.1) is 0 Å². The molecule has 0 bridgehead atoms. The van der Waals surface area contributed by atoms with E-state index >= 15 is 0 Å². The molecule has 0 saturated carbocycles. The maximum atomic E-state index is 5.81. The molecule has 1 heterocycles. The monoisotopic (exact) mass is 192 g/mol. The Labute approximate surface area is 83.4 Å². The van der Waals surface area contributed by atoms with Crippen molar-refractivity contribution in [3.05, 3.63) is 40.9 Å². The van der Waals surface area contributed by atoms with Crippen LogP contribution in [0.1, 0.15) is 12.0 Å². The molecule has 0 amide bonds. The number of hydrogen-bond acceptors (Lipinski definition) is 0. The highest BCUT2D eigenvalue weighted by atomic mass is 35.5. The van der Waals surface area contributed by atoms with Crippen LogP contribution in [0.15, 0.2) is 30.3 Å². The van der Waals surface area contributed by atoms with E-state index in [0.717, 1.165) is 24.5 Å². The summed E-state index contributed by atoms with van der Waals surface area (Å²) in [5, 5.41) is 5.06. The number of hydrogen-bond donors (Lipinski definition) is 0. The van der Waals surface area contributed by atoms with E-state index in [1.807, 2.05) is 12.1 Å². The molecule has 0 aliphatic carbocycles. The van der Waals surface area contributed by atoms with Gasteiger partial charge in [0.2, 0.25) is 0 Å². The fraction of sp³-hybridized carbons (Fsp3) is 0.273. The minimum Gasteiger partial charge on any atom is -0.237 e. The Morgan fingerprint density at radius 3 is 2.54 bits per heavy atom. The van der Waals surface area contributed by atoms with E-state index in [1.54, 1.807) is 0 Å². The van der Waals surface area contributed by atoms with Crippen molar-refractivity contribution in [2.24, 2.45) is 0 Å². The van der Waals surface area contributed by atoms with E-state index in [0.29, 0.717) is 0 Å². The second kappa shape index (κ2) is 3.95. The van der Waals surface area contributed by atoms with Gasteiger partial charge in [-0.3, -0.25) is 0 Å². The molecule has 2 heteroatoms. The molecule has 2 rings (SSSR count). The Bertz CT molecular complexity index is 313. The van der Waals surface area contributed by atoms with Gasteiger partial charge >= 0.3 is 0 Å². The first-order valence-electron chi connectivity index (χ1n) is 4.44. The summed E-state index contributed by atoms with van der Waals surface area (Å²) in [7, 11) is 0. The predicted molar refractivity (Wildman–Crippen MR) is 55.9 cm³/mol. The lowest BCUT2D eigenvalue weighted by Gasteiger charge is -2.12. The van der Waals surface area contributed by atoms with Crippen molar-refractivity contribution in [1.82, 2.24) is 5.32 Å². The largest absolute Gasteiger partial charge is 0.237 e. The third-order valence-electron chi connectivity index (χ3n) is 2.22. The lowest BCUT2D eigenvalue weighted by molar-refractivity contribution is 0.723. The van der Waals surface area contributed by atoms with Crippen LogP contribution in [-0.4, -0.2) is 13.1 Å². The molecule has 13 heavy (non-hydrogen) atoms. The Balaban J connectivity index is 2.24. The zero-order valence-corrected chi connectivity index (χ0v) is 8.09. The molecular weight excluding hydrogens is 182 g/mol. The van der Waals surface area contributed by atoms with E-state index in [9.17, 15) is 0 Å². The van der Waals surface area contributed by atoms with Crippen LogP contribution in [0.2, 0.25) is 5.02 Å². The second-order valence-electron chi connectivity index (χ2n) is 3.12. The highest BCUT2D eigenvalue weighted by Gasteiger charge is 2.05. The first-order valence-corrected chi connectivity index (χ1v) is 4.82. The lowest BCUT2D eigenvalue weighted by atomic mass is 10.0. The van der Waals surface area contributed by atoms with Gasteiger partial charge in [0.05, 0.1) is 0 Å². The summed E-state index contributed by atoms with van der Waals surface area (Å²) in [4.78, 5) is 0. The van der Waals surface area contributed by atoms with Gasteiger partial charge in [-0.25, -0.2) is 5.32 Å². The quantitative estimate of drug-likeness (QED) is 0.650. The van der Waals surface area contributed by atoms with Crippen molar-refractivity contribution in [3.8, 4) is 0 Å². The van der Waals surface area contributed by atoms with Gasteiger partial charge < -0.3 is 0 Å². The molecule has 1 aliphatic rings. The number of nitrogens with zero attached hydrogens (tertiary/aromatic N) is 1. The van der Waals surface area contributed by atoms with Gasteiger partial charge in [0.15, 0.2) is 0 Å². The number of halogens is 1. The summed E-state index contributed by atoms with van der Waals surface area (Å²) in [6.45, 7) is 1.81. The minimum atomic E-state index is 0.796. The van der Waals surface area contributed by atoms with Gasteiger partial charge in [0.1, 0.15) is 0 Å². The molecular formula is C11H11ClN. The first-order chi connectivity index (χ1) is 6.36. The van der Waals surface area contributed by atoms with E-state index in [1.165, 1.54) is 11.1 Å². The zero-order valence-electron chi connectivity index (χ0n) is 7.33. The molecule has 1 radical (unpaired) electrons. The molecule has 67 valence electrons. The Kier molecular flexibility index (Phi) is 2.67. The van der Waals surface area contributed by atoms with Crippen molar-refractivity contribution < 1.29 is 0 Å². The van der Waals surface area contributed by atoms with Gasteiger partial charge in [0, 0.05) is 18.1 Å². The van der Waals surface area contributed by atoms with Crippen LogP contribution in [-0.2, 0) is 0 Å². The smallest absolute Gasteiger partial charge is 0.0406 e. The average molecular weight is 193 g/mol. The SMILES string of the molecule is Clc1ccc(C2=CC[N]CC2)cc1. The van der Waals surface area contributed by atoms with Gasteiger partial charge in [-0.1, -0.05) is 29.8 Å². The van der Waals surface area contributed by atoms with Gasteiger partial charge in [-0.05, 0) is 29.7 Å². The maximum absolute atomic E-state index is 5.81. The Morgan fingerprint density at radius 2 is 1.92 bits per heavy atom. The lowest BCUT2D eigenvalue weighted by Crippen LogP contribution is -2.12. The molecule has 0 atom stereocenters. The average Bonchev–Trinajstić information content (AvgIpc) is 2.20.